The molecule has 0 aromatic heterocycles. The number of hydrogen-bond acceptors (Lipinski definition) is 2. The average Bonchev–Trinajstić information content (AvgIpc) is 2.32. The third kappa shape index (κ3) is 2.37. The van der Waals surface area contributed by atoms with Crippen molar-refractivity contribution in [3.8, 4) is 5.75 Å². The molecule has 0 saturated heterocycles. The maximum Gasteiger partial charge on any atom is 0.165 e. The van der Waals surface area contributed by atoms with Gasteiger partial charge in [-0.25, -0.2) is 4.39 Å². The van der Waals surface area contributed by atoms with Gasteiger partial charge in [-0.3, -0.25) is 0 Å². The fourth-order valence-electron chi connectivity index (χ4n) is 2.53. The average molecular weight is 251 g/mol. The number of hydrogen-bond donors (Lipinski definition) is 1. The lowest BCUT2D eigenvalue weighted by Gasteiger charge is -2.51. The second-order valence-corrected chi connectivity index (χ2v) is 5.71. The van der Waals surface area contributed by atoms with Gasteiger partial charge in [-0.1, -0.05) is 26.8 Å². The van der Waals surface area contributed by atoms with Gasteiger partial charge in [0.05, 0.1) is 0 Å². The molecule has 2 unspecified atom stereocenters. The largest absolute Gasteiger partial charge is 0.487 e. The molecule has 0 radical (unpaired) electrons. The van der Waals surface area contributed by atoms with Crippen LogP contribution >= 0.6 is 0 Å². The van der Waals surface area contributed by atoms with Gasteiger partial charge in [-0.2, -0.15) is 0 Å². The van der Waals surface area contributed by atoms with Crippen LogP contribution in [0.15, 0.2) is 18.2 Å². The van der Waals surface area contributed by atoms with E-state index < -0.39 is 0 Å². The number of ether oxygens (including phenoxy) is 1. The van der Waals surface area contributed by atoms with Gasteiger partial charge in [0, 0.05) is 17.9 Å². The van der Waals surface area contributed by atoms with Crippen LogP contribution in [0.3, 0.4) is 0 Å². The van der Waals surface area contributed by atoms with Crippen molar-refractivity contribution in [2.45, 2.75) is 46.3 Å². The molecular formula is C15H22FNO. The van der Waals surface area contributed by atoms with Crippen molar-refractivity contribution in [3.05, 3.63) is 29.6 Å². The van der Waals surface area contributed by atoms with Crippen LogP contribution in [0, 0.1) is 18.2 Å². The molecule has 100 valence electrons. The van der Waals surface area contributed by atoms with Crippen molar-refractivity contribution >= 4 is 0 Å². The normalized spacial score (nSPS) is 25.6. The minimum atomic E-state index is -0.275. The highest BCUT2D eigenvalue weighted by molar-refractivity contribution is 5.30. The number of aryl methyl sites for hydroxylation is 1. The molecule has 1 N–H and O–H groups in total. The first kappa shape index (κ1) is 13.3. The molecule has 2 atom stereocenters. The topological polar surface area (TPSA) is 21.3 Å². The zero-order chi connectivity index (χ0) is 13.3. The Kier molecular flexibility index (Phi) is 3.62. The Labute approximate surface area is 109 Å². The zero-order valence-electron chi connectivity index (χ0n) is 11.6. The SMILES string of the molecule is CCNC1CC(Oc2cc(C)ccc2F)C1(C)C. The maximum absolute atomic E-state index is 13.6. The van der Waals surface area contributed by atoms with E-state index in [1.54, 1.807) is 12.1 Å². The molecule has 1 aromatic carbocycles. The molecule has 1 aromatic rings. The van der Waals surface area contributed by atoms with Crippen LogP contribution in [0.2, 0.25) is 0 Å². The summed E-state index contributed by atoms with van der Waals surface area (Å²) in [5, 5.41) is 3.44. The Bertz CT molecular complexity index is 431. The van der Waals surface area contributed by atoms with Crippen molar-refractivity contribution in [2.75, 3.05) is 6.54 Å². The van der Waals surface area contributed by atoms with Gasteiger partial charge in [0.1, 0.15) is 6.10 Å². The Balaban J connectivity index is 2.05. The van der Waals surface area contributed by atoms with E-state index in [2.05, 4.69) is 26.1 Å². The van der Waals surface area contributed by atoms with Gasteiger partial charge >= 0.3 is 0 Å². The number of rotatable bonds is 4. The highest BCUT2D eigenvalue weighted by Gasteiger charge is 2.49. The molecule has 0 heterocycles. The molecule has 18 heavy (non-hydrogen) atoms. The first-order chi connectivity index (χ1) is 8.45. The van der Waals surface area contributed by atoms with Crippen LogP contribution in [0.25, 0.3) is 0 Å². The highest BCUT2D eigenvalue weighted by atomic mass is 19.1. The van der Waals surface area contributed by atoms with Gasteiger partial charge < -0.3 is 10.1 Å². The van der Waals surface area contributed by atoms with Gasteiger partial charge in [-0.15, -0.1) is 0 Å². The van der Waals surface area contributed by atoms with E-state index >= 15 is 0 Å². The molecule has 0 bridgehead atoms. The van der Waals surface area contributed by atoms with E-state index in [4.69, 9.17) is 4.74 Å². The summed E-state index contributed by atoms with van der Waals surface area (Å²) in [6, 6.07) is 5.46. The molecular weight excluding hydrogens is 229 g/mol. The van der Waals surface area contributed by atoms with Crippen LogP contribution in [0.4, 0.5) is 4.39 Å². The van der Waals surface area contributed by atoms with Crippen molar-refractivity contribution in [3.63, 3.8) is 0 Å². The van der Waals surface area contributed by atoms with Crippen LogP contribution in [0.1, 0.15) is 32.8 Å². The Hall–Kier alpha value is -1.09. The lowest BCUT2D eigenvalue weighted by Crippen LogP contribution is -2.62. The molecule has 1 fully saturated rings. The lowest BCUT2D eigenvalue weighted by molar-refractivity contribution is -0.0558. The summed E-state index contributed by atoms with van der Waals surface area (Å²) in [7, 11) is 0. The van der Waals surface area contributed by atoms with Crippen molar-refractivity contribution in [2.24, 2.45) is 5.41 Å². The van der Waals surface area contributed by atoms with E-state index in [1.807, 2.05) is 6.92 Å². The second-order valence-electron chi connectivity index (χ2n) is 5.71. The van der Waals surface area contributed by atoms with Gasteiger partial charge in [0.25, 0.3) is 0 Å². The number of nitrogens with one attached hydrogen (secondary N) is 1. The first-order valence-electron chi connectivity index (χ1n) is 6.61. The minimum absolute atomic E-state index is 0.0478. The standard InChI is InChI=1S/C15H22FNO/c1-5-17-13-9-14(15(13,3)4)18-12-8-10(2)6-7-11(12)16/h6-8,13-14,17H,5,9H2,1-4H3. The van der Waals surface area contributed by atoms with Crippen LogP contribution in [-0.4, -0.2) is 18.7 Å². The molecule has 3 heteroatoms. The first-order valence-corrected chi connectivity index (χ1v) is 6.61. The summed E-state index contributed by atoms with van der Waals surface area (Å²) in [5.41, 5.74) is 1.07. The van der Waals surface area contributed by atoms with E-state index in [9.17, 15) is 4.39 Å². The monoisotopic (exact) mass is 251 g/mol. The van der Waals surface area contributed by atoms with Gasteiger partial charge in [0.2, 0.25) is 0 Å². The molecule has 0 aliphatic heterocycles. The van der Waals surface area contributed by atoms with E-state index in [-0.39, 0.29) is 17.3 Å². The van der Waals surface area contributed by atoms with Crippen LogP contribution in [-0.2, 0) is 0 Å². The summed E-state index contributed by atoms with van der Waals surface area (Å²) in [4.78, 5) is 0. The number of halogens is 1. The minimum Gasteiger partial charge on any atom is -0.487 e. The Morgan fingerprint density at radius 2 is 2.17 bits per heavy atom. The van der Waals surface area contributed by atoms with Crippen LogP contribution in [0.5, 0.6) is 5.75 Å². The van der Waals surface area contributed by atoms with E-state index in [0.717, 1.165) is 18.5 Å². The Morgan fingerprint density at radius 1 is 1.44 bits per heavy atom. The molecule has 1 aliphatic carbocycles. The summed E-state index contributed by atoms with van der Waals surface area (Å²) >= 11 is 0. The van der Waals surface area contributed by atoms with Crippen molar-refractivity contribution < 1.29 is 9.13 Å². The molecule has 1 aliphatic rings. The van der Waals surface area contributed by atoms with Gasteiger partial charge in [-0.05, 0) is 31.2 Å². The zero-order valence-corrected chi connectivity index (χ0v) is 11.6. The fourth-order valence-corrected chi connectivity index (χ4v) is 2.53. The van der Waals surface area contributed by atoms with Crippen molar-refractivity contribution in [1.29, 1.82) is 0 Å². The Morgan fingerprint density at radius 3 is 2.78 bits per heavy atom. The summed E-state index contributed by atoms with van der Waals surface area (Å²) in [6.07, 6.45) is 1.02. The molecule has 0 spiro atoms. The fraction of sp³-hybridized carbons (Fsp3) is 0.600. The molecule has 2 nitrogen and oxygen atoms in total. The van der Waals surface area contributed by atoms with Crippen LogP contribution < -0.4 is 10.1 Å². The predicted octanol–water partition coefficient (Wildman–Crippen LogP) is 3.29. The molecule has 2 rings (SSSR count). The summed E-state index contributed by atoms with van der Waals surface area (Å²) in [5.74, 6) is 0.103. The number of benzene rings is 1. The summed E-state index contributed by atoms with van der Waals surface area (Å²) in [6.45, 7) is 9.34. The third-order valence-electron chi connectivity index (χ3n) is 3.98. The predicted molar refractivity (Wildman–Crippen MR) is 71.4 cm³/mol. The van der Waals surface area contributed by atoms with E-state index in [1.165, 1.54) is 6.07 Å². The summed E-state index contributed by atoms with van der Waals surface area (Å²) < 4.78 is 19.5. The highest BCUT2D eigenvalue weighted by Crippen LogP contribution is 2.43. The maximum atomic E-state index is 13.6. The quantitative estimate of drug-likeness (QED) is 0.886. The van der Waals surface area contributed by atoms with Gasteiger partial charge in [0.15, 0.2) is 11.6 Å². The second kappa shape index (κ2) is 4.88. The van der Waals surface area contributed by atoms with E-state index in [0.29, 0.717) is 11.8 Å². The lowest BCUT2D eigenvalue weighted by atomic mass is 9.64. The smallest absolute Gasteiger partial charge is 0.165 e. The molecule has 0 amide bonds. The molecule has 1 saturated carbocycles. The third-order valence-corrected chi connectivity index (χ3v) is 3.98. The van der Waals surface area contributed by atoms with Crippen molar-refractivity contribution in [1.82, 2.24) is 5.32 Å².